The van der Waals surface area contributed by atoms with Gasteiger partial charge < -0.3 is 5.73 Å². The normalized spacial score (nSPS) is 11.4. The van der Waals surface area contributed by atoms with E-state index in [0.29, 0.717) is 5.82 Å². The number of aromatic nitrogens is 2. The van der Waals surface area contributed by atoms with Crippen LogP contribution in [0.15, 0.2) is 54.6 Å². The second-order valence-electron chi connectivity index (χ2n) is 4.63. The molecule has 0 aliphatic heterocycles. The Morgan fingerprint density at radius 1 is 0.684 bits per heavy atom. The summed E-state index contributed by atoms with van der Waals surface area (Å²) in [7, 11) is 0. The maximum absolute atomic E-state index is 5.79. The van der Waals surface area contributed by atoms with Gasteiger partial charge in [-0.25, -0.2) is 9.97 Å². The Morgan fingerprint density at radius 3 is 2.37 bits per heavy atom. The van der Waals surface area contributed by atoms with Crippen LogP contribution in [0.4, 0.5) is 5.82 Å². The van der Waals surface area contributed by atoms with Gasteiger partial charge in [0.25, 0.3) is 0 Å². The van der Waals surface area contributed by atoms with Gasteiger partial charge in [0.2, 0.25) is 0 Å². The summed E-state index contributed by atoms with van der Waals surface area (Å²) in [5.74, 6) is 0.523. The van der Waals surface area contributed by atoms with E-state index < -0.39 is 0 Å². The van der Waals surface area contributed by atoms with Crippen molar-refractivity contribution in [2.45, 2.75) is 0 Å². The molecule has 0 atom stereocenters. The van der Waals surface area contributed by atoms with Gasteiger partial charge in [-0.15, -0.1) is 0 Å². The zero-order chi connectivity index (χ0) is 12.8. The summed E-state index contributed by atoms with van der Waals surface area (Å²) in [5, 5.41) is 3.28. The molecule has 90 valence electrons. The second kappa shape index (κ2) is 3.65. The molecule has 0 fully saturated rings. The summed E-state index contributed by atoms with van der Waals surface area (Å²) in [4.78, 5) is 9.15. The number of nitrogen functional groups attached to an aromatic ring is 1. The maximum Gasteiger partial charge on any atom is 0.124 e. The molecule has 0 saturated heterocycles. The van der Waals surface area contributed by atoms with Crippen LogP contribution in [-0.4, -0.2) is 9.97 Å². The number of pyridine rings is 2. The third-order valence-corrected chi connectivity index (χ3v) is 3.37. The molecule has 4 rings (SSSR count). The molecule has 19 heavy (non-hydrogen) atoms. The van der Waals surface area contributed by atoms with Gasteiger partial charge in [0.1, 0.15) is 5.82 Å². The minimum absolute atomic E-state index is 0.523. The standard InChI is InChI=1S/C16H11N3/c17-14-8-7-10-5-6-12-9-11-3-1-2-4-13(11)18-16(12)15(10)19-14/h1-9H,(H2,17,19). The van der Waals surface area contributed by atoms with E-state index in [1.54, 1.807) is 0 Å². The number of fused-ring (bicyclic) bond motifs is 4. The SMILES string of the molecule is Nc1ccc2ccc3cc4ccccc4nc3c2n1. The molecule has 2 aromatic carbocycles. The van der Waals surface area contributed by atoms with Crippen LogP contribution in [0.3, 0.4) is 0 Å². The number of nitrogens with zero attached hydrogens (tertiary/aromatic N) is 2. The molecule has 3 nitrogen and oxygen atoms in total. The van der Waals surface area contributed by atoms with Crippen molar-refractivity contribution >= 4 is 38.5 Å². The fourth-order valence-corrected chi connectivity index (χ4v) is 2.44. The first-order valence-electron chi connectivity index (χ1n) is 6.16. The molecule has 0 aliphatic rings. The quantitative estimate of drug-likeness (QED) is 0.381. The van der Waals surface area contributed by atoms with Crippen LogP contribution in [0.2, 0.25) is 0 Å². The summed E-state index contributed by atoms with van der Waals surface area (Å²) in [6, 6.07) is 18.2. The predicted octanol–water partition coefficient (Wildman–Crippen LogP) is 3.52. The first kappa shape index (κ1) is 10.3. The second-order valence-corrected chi connectivity index (χ2v) is 4.63. The molecule has 0 bridgehead atoms. The highest BCUT2D eigenvalue weighted by Crippen LogP contribution is 2.26. The lowest BCUT2D eigenvalue weighted by Gasteiger charge is -2.05. The Balaban J connectivity index is 2.25. The van der Waals surface area contributed by atoms with E-state index in [2.05, 4.69) is 29.2 Å². The van der Waals surface area contributed by atoms with Crippen LogP contribution in [0, 0.1) is 0 Å². The van der Waals surface area contributed by atoms with Gasteiger partial charge in [0, 0.05) is 16.2 Å². The van der Waals surface area contributed by atoms with Crippen molar-refractivity contribution in [2.75, 3.05) is 5.73 Å². The number of anilines is 1. The van der Waals surface area contributed by atoms with Crippen LogP contribution in [0.1, 0.15) is 0 Å². The van der Waals surface area contributed by atoms with Gasteiger partial charge in [-0.3, -0.25) is 0 Å². The molecule has 3 heteroatoms. The highest BCUT2D eigenvalue weighted by molar-refractivity contribution is 6.06. The summed E-state index contributed by atoms with van der Waals surface area (Å²) in [5.41, 5.74) is 8.54. The largest absolute Gasteiger partial charge is 0.384 e. The molecule has 4 aromatic rings. The van der Waals surface area contributed by atoms with Gasteiger partial charge >= 0.3 is 0 Å². The summed E-state index contributed by atoms with van der Waals surface area (Å²) < 4.78 is 0. The molecule has 2 N–H and O–H groups in total. The van der Waals surface area contributed by atoms with E-state index in [9.17, 15) is 0 Å². The third kappa shape index (κ3) is 1.52. The molecular formula is C16H11N3. The molecule has 0 spiro atoms. The zero-order valence-corrected chi connectivity index (χ0v) is 10.2. The maximum atomic E-state index is 5.79. The molecule has 2 heterocycles. The van der Waals surface area contributed by atoms with E-state index in [0.717, 1.165) is 32.7 Å². The van der Waals surface area contributed by atoms with Crippen LogP contribution in [0.5, 0.6) is 0 Å². The molecule has 0 radical (unpaired) electrons. The van der Waals surface area contributed by atoms with Crippen molar-refractivity contribution in [3.05, 3.63) is 54.6 Å². The minimum Gasteiger partial charge on any atom is -0.384 e. The lowest BCUT2D eigenvalue weighted by atomic mass is 10.1. The Hall–Kier alpha value is -2.68. The molecule has 0 unspecified atom stereocenters. The van der Waals surface area contributed by atoms with Gasteiger partial charge in [0.15, 0.2) is 0 Å². The Morgan fingerprint density at radius 2 is 1.42 bits per heavy atom. The number of hydrogen-bond donors (Lipinski definition) is 1. The first-order valence-corrected chi connectivity index (χ1v) is 6.16. The topological polar surface area (TPSA) is 51.8 Å². The lowest BCUT2D eigenvalue weighted by molar-refractivity contribution is 1.40. The average molecular weight is 245 g/mol. The summed E-state index contributed by atoms with van der Waals surface area (Å²) in [6.07, 6.45) is 0. The van der Waals surface area contributed by atoms with Crippen molar-refractivity contribution in [1.29, 1.82) is 0 Å². The minimum atomic E-state index is 0.523. The number of hydrogen-bond acceptors (Lipinski definition) is 3. The van der Waals surface area contributed by atoms with Crippen molar-refractivity contribution < 1.29 is 0 Å². The van der Waals surface area contributed by atoms with E-state index >= 15 is 0 Å². The monoisotopic (exact) mass is 245 g/mol. The van der Waals surface area contributed by atoms with Crippen LogP contribution in [-0.2, 0) is 0 Å². The number of nitrogens with two attached hydrogens (primary N) is 1. The fraction of sp³-hybridized carbons (Fsp3) is 0. The molecule has 0 aliphatic carbocycles. The van der Waals surface area contributed by atoms with Crippen LogP contribution in [0.25, 0.3) is 32.7 Å². The molecular weight excluding hydrogens is 234 g/mol. The van der Waals surface area contributed by atoms with Crippen molar-refractivity contribution in [3.8, 4) is 0 Å². The predicted molar refractivity (Wildman–Crippen MR) is 79.0 cm³/mol. The van der Waals surface area contributed by atoms with E-state index in [1.165, 1.54) is 0 Å². The summed E-state index contributed by atoms with van der Waals surface area (Å²) >= 11 is 0. The Kier molecular flexibility index (Phi) is 1.97. The van der Waals surface area contributed by atoms with Crippen LogP contribution < -0.4 is 5.73 Å². The van der Waals surface area contributed by atoms with Gasteiger partial charge in [-0.2, -0.15) is 0 Å². The number of benzene rings is 2. The zero-order valence-electron chi connectivity index (χ0n) is 10.2. The molecule has 2 aromatic heterocycles. The van der Waals surface area contributed by atoms with E-state index in [4.69, 9.17) is 10.7 Å². The van der Waals surface area contributed by atoms with Gasteiger partial charge in [-0.1, -0.05) is 30.3 Å². The fourth-order valence-electron chi connectivity index (χ4n) is 2.44. The van der Waals surface area contributed by atoms with E-state index in [1.807, 2.05) is 30.3 Å². The Labute approximate surface area is 109 Å². The van der Waals surface area contributed by atoms with E-state index in [-0.39, 0.29) is 0 Å². The first-order chi connectivity index (χ1) is 9.31. The number of rotatable bonds is 0. The molecule has 0 saturated carbocycles. The summed E-state index contributed by atoms with van der Waals surface area (Å²) in [6.45, 7) is 0. The van der Waals surface area contributed by atoms with Gasteiger partial charge in [-0.05, 0) is 24.3 Å². The lowest BCUT2D eigenvalue weighted by Crippen LogP contribution is -1.92. The highest BCUT2D eigenvalue weighted by atomic mass is 14.8. The van der Waals surface area contributed by atoms with Gasteiger partial charge in [0.05, 0.1) is 16.6 Å². The highest BCUT2D eigenvalue weighted by Gasteiger charge is 2.05. The van der Waals surface area contributed by atoms with Crippen molar-refractivity contribution in [1.82, 2.24) is 9.97 Å². The van der Waals surface area contributed by atoms with Crippen LogP contribution >= 0.6 is 0 Å². The third-order valence-electron chi connectivity index (χ3n) is 3.37. The average Bonchev–Trinajstić information content (AvgIpc) is 2.45. The Bertz CT molecular complexity index is 929. The number of para-hydroxylation sites is 1. The van der Waals surface area contributed by atoms with Crippen molar-refractivity contribution in [3.63, 3.8) is 0 Å². The van der Waals surface area contributed by atoms with Crippen molar-refractivity contribution in [2.24, 2.45) is 0 Å². The smallest absolute Gasteiger partial charge is 0.124 e. The molecule has 0 amide bonds.